The van der Waals surface area contributed by atoms with Crippen molar-refractivity contribution >= 4 is 11.0 Å². The van der Waals surface area contributed by atoms with Crippen LogP contribution in [0.25, 0.3) is 11.0 Å². The number of hydrogen-bond donors (Lipinski definition) is 2. The van der Waals surface area contributed by atoms with Crippen LogP contribution < -0.4 is 10.9 Å². The molecule has 0 spiro atoms. The molecule has 2 aromatic carbocycles. The lowest BCUT2D eigenvalue weighted by molar-refractivity contribution is -0.708. The van der Waals surface area contributed by atoms with Gasteiger partial charge in [-0.15, -0.1) is 0 Å². The molecule has 1 atom stereocenters. The molecule has 0 unspecified atom stereocenters. The van der Waals surface area contributed by atoms with Crippen molar-refractivity contribution in [1.29, 1.82) is 0 Å². The highest BCUT2D eigenvalue weighted by Crippen LogP contribution is 2.26. The number of aromatic hydroxyl groups is 1. The number of nitrogens with two attached hydrogens (primary N) is 1. The Morgan fingerprint density at radius 2 is 1.92 bits per heavy atom. The fourth-order valence-corrected chi connectivity index (χ4v) is 3.06. The zero-order chi connectivity index (χ0) is 18.8. The van der Waals surface area contributed by atoms with E-state index in [0.717, 1.165) is 22.6 Å². The molecule has 0 saturated heterocycles. The maximum Gasteiger partial charge on any atom is 0.336 e. The smallest absolute Gasteiger partial charge is 0.336 e. The van der Waals surface area contributed by atoms with Crippen molar-refractivity contribution < 1.29 is 23.6 Å². The third kappa shape index (κ3) is 3.60. The molecule has 0 amide bonds. The summed E-state index contributed by atoms with van der Waals surface area (Å²) in [5, 5.41) is 12.6. The molecule has 136 valence electrons. The molecule has 0 bridgehead atoms. The Morgan fingerprint density at radius 3 is 2.62 bits per heavy atom. The predicted octanol–water partition coefficient (Wildman–Crippen LogP) is 3.16. The molecule has 0 fully saturated rings. The Morgan fingerprint density at radius 1 is 1.15 bits per heavy atom. The number of phenolic OH excluding ortho intramolecular Hbond substituents is 1. The standard InChI is InChI=1S/C20H19F2NO3/c1-3-12-6-16-13(7-20(25)26-19(16)9-18(12)24)10-23-11(2)15-5-4-14(21)8-17(15)22/h4-9,11,23-24H,3,10H2,1-2H3/p+1/t11-/m1/s1. The minimum Gasteiger partial charge on any atom is -0.508 e. The minimum atomic E-state index is -0.614. The van der Waals surface area contributed by atoms with Crippen LogP contribution in [0.4, 0.5) is 8.78 Å². The van der Waals surface area contributed by atoms with Crippen molar-refractivity contribution in [2.24, 2.45) is 0 Å². The highest BCUT2D eigenvalue weighted by atomic mass is 19.1. The van der Waals surface area contributed by atoms with E-state index in [1.165, 1.54) is 24.3 Å². The summed E-state index contributed by atoms with van der Waals surface area (Å²) in [7, 11) is 0. The van der Waals surface area contributed by atoms with Crippen molar-refractivity contribution in [3.8, 4) is 5.75 Å². The molecule has 0 aliphatic heterocycles. The molecule has 3 aromatic rings. The van der Waals surface area contributed by atoms with E-state index < -0.39 is 17.3 Å². The number of aryl methyl sites for hydroxylation is 1. The molecule has 0 aliphatic carbocycles. The zero-order valence-corrected chi connectivity index (χ0v) is 14.6. The highest BCUT2D eigenvalue weighted by molar-refractivity contribution is 5.82. The molecule has 3 N–H and O–H groups in total. The molecular weight excluding hydrogens is 340 g/mol. The molecule has 26 heavy (non-hydrogen) atoms. The lowest BCUT2D eigenvalue weighted by Gasteiger charge is -2.13. The van der Waals surface area contributed by atoms with Crippen molar-refractivity contribution in [2.75, 3.05) is 0 Å². The Bertz CT molecular complexity index is 1010. The summed E-state index contributed by atoms with van der Waals surface area (Å²) in [6.07, 6.45) is 0.640. The Balaban J connectivity index is 1.91. The van der Waals surface area contributed by atoms with E-state index in [-0.39, 0.29) is 11.8 Å². The normalized spacial score (nSPS) is 12.5. The molecular formula is C20H20F2NO3+. The van der Waals surface area contributed by atoms with Gasteiger partial charge in [0, 0.05) is 34.7 Å². The van der Waals surface area contributed by atoms with Gasteiger partial charge in [0.2, 0.25) is 0 Å². The van der Waals surface area contributed by atoms with Crippen LogP contribution in [0.15, 0.2) is 45.6 Å². The average molecular weight is 360 g/mol. The summed E-state index contributed by atoms with van der Waals surface area (Å²) >= 11 is 0. The third-order valence-electron chi connectivity index (χ3n) is 4.55. The van der Waals surface area contributed by atoms with Crippen LogP contribution in [0.1, 0.15) is 36.6 Å². The van der Waals surface area contributed by atoms with Crippen LogP contribution in [0, 0.1) is 11.6 Å². The second-order valence-corrected chi connectivity index (χ2v) is 6.32. The number of phenols is 1. The van der Waals surface area contributed by atoms with E-state index in [1.807, 2.05) is 19.2 Å². The lowest BCUT2D eigenvalue weighted by Crippen LogP contribution is -2.83. The molecule has 0 aliphatic rings. The van der Waals surface area contributed by atoms with Crippen molar-refractivity contribution in [3.63, 3.8) is 0 Å². The maximum atomic E-state index is 13.9. The number of benzene rings is 2. The summed E-state index contributed by atoms with van der Waals surface area (Å²) in [6, 6.07) is 7.91. The van der Waals surface area contributed by atoms with Crippen LogP contribution in [-0.2, 0) is 13.0 Å². The van der Waals surface area contributed by atoms with E-state index in [9.17, 15) is 18.7 Å². The van der Waals surface area contributed by atoms with Gasteiger partial charge in [-0.3, -0.25) is 0 Å². The first-order chi connectivity index (χ1) is 12.4. The van der Waals surface area contributed by atoms with Crippen LogP contribution in [0.5, 0.6) is 5.75 Å². The molecule has 6 heteroatoms. The summed E-state index contributed by atoms with van der Waals surface area (Å²) in [5.74, 6) is -1.12. The highest BCUT2D eigenvalue weighted by Gasteiger charge is 2.16. The maximum absolute atomic E-state index is 13.9. The summed E-state index contributed by atoms with van der Waals surface area (Å²) < 4.78 is 32.2. The first-order valence-electron chi connectivity index (χ1n) is 8.46. The van der Waals surface area contributed by atoms with Crippen LogP contribution in [0.2, 0.25) is 0 Å². The van der Waals surface area contributed by atoms with E-state index >= 15 is 0 Å². The van der Waals surface area contributed by atoms with Crippen LogP contribution in [0.3, 0.4) is 0 Å². The average Bonchev–Trinajstić information content (AvgIpc) is 2.58. The Hall–Kier alpha value is -2.73. The topological polar surface area (TPSA) is 67.0 Å². The number of quaternary nitrogens is 1. The first kappa shape index (κ1) is 18.1. The Labute approximate surface area is 149 Å². The molecule has 3 rings (SSSR count). The molecule has 1 heterocycles. The minimum absolute atomic E-state index is 0.0889. The summed E-state index contributed by atoms with van der Waals surface area (Å²) in [5.41, 5.74) is 1.69. The number of rotatable bonds is 5. The van der Waals surface area contributed by atoms with Gasteiger partial charge in [-0.25, -0.2) is 13.6 Å². The van der Waals surface area contributed by atoms with Gasteiger partial charge < -0.3 is 14.8 Å². The second kappa shape index (κ2) is 7.25. The summed E-state index contributed by atoms with van der Waals surface area (Å²) in [4.78, 5) is 11.8. The fourth-order valence-electron chi connectivity index (χ4n) is 3.06. The molecule has 0 saturated carbocycles. The van der Waals surface area contributed by atoms with Gasteiger partial charge in [-0.1, -0.05) is 6.92 Å². The first-order valence-corrected chi connectivity index (χ1v) is 8.46. The van der Waals surface area contributed by atoms with Gasteiger partial charge >= 0.3 is 5.63 Å². The van der Waals surface area contributed by atoms with Gasteiger partial charge in [0.1, 0.15) is 35.6 Å². The third-order valence-corrected chi connectivity index (χ3v) is 4.55. The quantitative estimate of drug-likeness (QED) is 0.687. The molecule has 4 nitrogen and oxygen atoms in total. The van der Waals surface area contributed by atoms with Gasteiger partial charge in [-0.05, 0) is 37.1 Å². The van der Waals surface area contributed by atoms with Crippen molar-refractivity contribution in [2.45, 2.75) is 32.9 Å². The molecule has 1 aromatic heterocycles. The van der Waals surface area contributed by atoms with Gasteiger partial charge in [0.15, 0.2) is 0 Å². The van der Waals surface area contributed by atoms with E-state index in [4.69, 9.17) is 4.42 Å². The number of fused-ring (bicyclic) bond motifs is 1. The zero-order valence-electron chi connectivity index (χ0n) is 14.6. The van der Waals surface area contributed by atoms with Gasteiger partial charge in [-0.2, -0.15) is 0 Å². The van der Waals surface area contributed by atoms with Crippen LogP contribution in [-0.4, -0.2) is 5.11 Å². The monoisotopic (exact) mass is 360 g/mol. The van der Waals surface area contributed by atoms with E-state index in [0.29, 0.717) is 24.1 Å². The van der Waals surface area contributed by atoms with Crippen molar-refractivity contribution in [1.82, 2.24) is 0 Å². The summed E-state index contributed by atoms with van der Waals surface area (Å²) in [6.45, 7) is 4.15. The van der Waals surface area contributed by atoms with E-state index in [1.54, 1.807) is 6.07 Å². The van der Waals surface area contributed by atoms with Crippen molar-refractivity contribution in [3.05, 3.63) is 75.1 Å². The number of hydrogen-bond acceptors (Lipinski definition) is 3. The van der Waals surface area contributed by atoms with E-state index in [2.05, 4.69) is 0 Å². The SMILES string of the molecule is CCc1cc2c(C[NH2+][C@H](C)c3ccc(F)cc3F)cc(=O)oc2cc1O. The van der Waals surface area contributed by atoms with Crippen LogP contribution >= 0.6 is 0 Å². The number of halogens is 2. The van der Waals surface area contributed by atoms with Gasteiger partial charge in [0.05, 0.1) is 0 Å². The predicted molar refractivity (Wildman–Crippen MR) is 93.9 cm³/mol. The fraction of sp³-hybridized carbons (Fsp3) is 0.250. The largest absolute Gasteiger partial charge is 0.508 e. The van der Waals surface area contributed by atoms with Gasteiger partial charge in [0.25, 0.3) is 0 Å². The second-order valence-electron chi connectivity index (χ2n) is 6.32. The molecule has 0 radical (unpaired) electrons. The lowest BCUT2D eigenvalue weighted by atomic mass is 10.0. The Kier molecular flexibility index (Phi) is 5.04.